The molecule has 98 valence electrons. The highest BCUT2D eigenvalue weighted by Gasteiger charge is 2.33. The van der Waals surface area contributed by atoms with Gasteiger partial charge in [0.25, 0.3) is 0 Å². The molecule has 0 aromatic heterocycles. The Morgan fingerprint density at radius 1 is 1.12 bits per heavy atom. The molecule has 3 fully saturated rings. The third-order valence-electron chi connectivity index (χ3n) is 4.47. The Hall–Kier alpha value is -0.160. The largest absolute Gasteiger partial charge is 0.374 e. The van der Waals surface area contributed by atoms with Crippen molar-refractivity contribution in [3.8, 4) is 0 Å². The van der Waals surface area contributed by atoms with Crippen molar-refractivity contribution in [3.05, 3.63) is 0 Å². The summed E-state index contributed by atoms with van der Waals surface area (Å²) in [6.07, 6.45) is 5.54. The third-order valence-corrected chi connectivity index (χ3v) is 4.47. The Morgan fingerprint density at radius 2 is 2.00 bits per heavy atom. The third kappa shape index (κ3) is 2.81. The molecule has 0 aromatic carbocycles. The van der Waals surface area contributed by atoms with Crippen molar-refractivity contribution in [2.75, 3.05) is 39.3 Å². The number of piperidine rings is 1. The Labute approximate surface area is 104 Å². The summed E-state index contributed by atoms with van der Waals surface area (Å²) >= 11 is 0. The van der Waals surface area contributed by atoms with E-state index in [9.17, 15) is 0 Å². The summed E-state index contributed by atoms with van der Waals surface area (Å²) in [5, 5.41) is 0. The van der Waals surface area contributed by atoms with Crippen molar-refractivity contribution in [1.29, 1.82) is 0 Å². The number of nitrogens with two attached hydrogens (primary N) is 1. The van der Waals surface area contributed by atoms with E-state index in [0.717, 1.165) is 32.3 Å². The van der Waals surface area contributed by atoms with Gasteiger partial charge in [-0.15, -0.1) is 0 Å². The zero-order valence-electron chi connectivity index (χ0n) is 10.7. The molecule has 0 aromatic rings. The van der Waals surface area contributed by atoms with E-state index in [4.69, 9.17) is 10.5 Å². The molecule has 0 radical (unpaired) electrons. The molecule has 3 rings (SSSR count). The van der Waals surface area contributed by atoms with Crippen LogP contribution in [0.3, 0.4) is 0 Å². The van der Waals surface area contributed by atoms with E-state index in [2.05, 4.69) is 9.80 Å². The average Bonchev–Trinajstić information content (AvgIpc) is 2.76. The molecule has 3 unspecified atom stereocenters. The topological polar surface area (TPSA) is 41.7 Å². The van der Waals surface area contributed by atoms with Gasteiger partial charge in [-0.3, -0.25) is 9.80 Å². The van der Waals surface area contributed by atoms with Gasteiger partial charge in [0.1, 0.15) is 0 Å². The van der Waals surface area contributed by atoms with Crippen LogP contribution in [0.1, 0.15) is 25.7 Å². The first-order valence-corrected chi connectivity index (χ1v) is 7.15. The first-order valence-electron chi connectivity index (χ1n) is 7.15. The van der Waals surface area contributed by atoms with Gasteiger partial charge >= 0.3 is 0 Å². The van der Waals surface area contributed by atoms with Crippen LogP contribution in [0.25, 0.3) is 0 Å². The van der Waals surface area contributed by atoms with Crippen LogP contribution in [0.15, 0.2) is 0 Å². The predicted molar refractivity (Wildman–Crippen MR) is 68.0 cm³/mol. The number of likely N-dealkylation sites (tertiary alicyclic amines) is 1. The summed E-state index contributed by atoms with van der Waals surface area (Å²) in [4.78, 5) is 5.12. The Kier molecular flexibility index (Phi) is 3.66. The number of nitrogens with zero attached hydrogens (tertiary/aromatic N) is 2. The molecular weight excluding hydrogens is 214 g/mol. The normalized spacial score (nSPS) is 40.4. The standard InChI is InChI=1S/C13H25N3O/c14-11-3-1-5-15(7-11)8-13-9-16-6-2-4-12(16)10-17-13/h11-13H,1-10,14H2. The quantitative estimate of drug-likeness (QED) is 0.751. The number of hydrogen-bond acceptors (Lipinski definition) is 4. The number of ether oxygens (including phenoxy) is 1. The minimum Gasteiger partial charge on any atom is -0.374 e. The highest BCUT2D eigenvalue weighted by Crippen LogP contribution is 2.23. The zero-order valence-corrected chi connectivity index (χ0v) is 10.7. The molecule has 2 N–H and O–H groups in total. The highest BCUT2D eigenvalue weighted by molar-refractivity contribution is 4.87. The Bertz CT molecular complexity index is 261. The fourth-order valence-electron chi connectivity index (χ4n) is 3.54. The molecule has 4 heteroatoms. The lowest BCUT2D eigenvalue weighted by molar-refractivity contribution is -0.0631. The summed E-state index contributed by atoms with van der Waals surface area (Å²) in [6.45, 7) is 6.71. The van der Waals surface area contributed by atoms with Gasteiger partial charge in [-0.2, -0.15) is 0 Å². The minimum atomic E-state index is 0.381. The van der Waals surface area contributed by atoms with Gasteiger partial charge in [0, 0.05) is 31.7 Å². The molecule has 0 bridgehead atoms. The monoisotopic (exact) mass is 239 g/mol. The molecule has 3 heterocycles. The smallest absolute Gasteiger partial charge is 0.0829 e. The summed E-state index contributed by atoms with van der Waals surface area (Å²) in [5.74, 6) is 0. The second-order valence-corrected chi connectivity index (χ2v) is 5.91. The maximum Gasteiger partial charge on any atom is 0.0829 e. The van der Waals surface area contributed by atoms with E-state index >= 15 is 0 Å². The molecule has 3 aliphatic rings. The van der Waals surface area contributed by atoms with Gasteiger partial charge in [0.05, 0.1) is 12.7 Å². The van der Waals surface area contributed by atoms with Crippen LogP contribution in [-0.2, 0) is 4.74 Å². The van der Waals surface area contributed by atoms with Crippen molar-refractivity contribution in [2.45, 2.75) is 43.9 Å². The number of fused-ring (bicyclic) bond motifs is 1. The molecule has 4 nitrogen and oxygen atoms in total. The van der Waals surface area contributed by atoms with E-state index in [-0.39, 0.29) is 0 Å². The lowest BCUT2D eigenvalue weighted by Crippen LogP contribution is -2.52. The van der Waals surface area contributed by atoms with Crippen molar-refractivity contribution in [2.24, 2.45) is 5.73 Å². The lowest BCUT2D eigenvalue weighted by atomic mass is 10.1. The molecule has 3 saturated heterocycles. The van der Waals surface area contributed by atoms with E-state index < -0.39 is 0 Å². The Morgan fingerprint density at radius 3 is 2.88 bits per heavy atom. The fourth-order valence-corrected chi connectivity index (χ4v) is 3.54. The average molecular weight is 239 g/mol. The lowest BCUT2D eigenvalue weighted by Gasteiger charge is -2.39. The minimum absolute atomic E-state index is 0.381. The summed E-state index contributed by atoms with van der Waals surface area (Å²) in [5.41, 5.74) is 6.02. The molecule has 17 heavy (non-hydrogen) atoms. The first-order chi connectivity index (χ1) is 8.31. The van der Waals surface area contributed by atoms with Crippen molar-refractivity contribution in [1.82, 2.24) is 9.80 Å². The van der Waals surface area contributed by atoms with E-state index in [1.54, 1.807) is 0 Å². The van der Waals surface area contributed by atoms with Crippen LogP contribution in [0.2, 0.25) is 0 Å². The first kappa shape index (κ1) is 11.9. The van der Waals surface area contributed by atoms with Gasteiger partial charge in [-0.25, -0.2) is 0 Å². The molecule has 3 atom stereocenters. The van der Waals surface area contributed by atoms with Crippen molar-refractivity contribution >= 4 is 0 Å². The van der Waals surface area contributed by atoms with Crippen molar-refractivity contribution in [3.63, 3.8) is 0 Å². The summed E-state index contributed by atoms with van der Waals surface area (Å²) < 4.78 is 6.01. The van der Waals surface area contributed by atoms with E-state index in [1.165, 1.54) is 38.8 Å². The van der Waals surface area contributed by atoms with Crippen LogP contribution in [-0.4, -0.2) is 67.3 Å². The number of hydrogen-bond donors (Lipinski definition) is 1. The molecule has 0 spiro atoms. The van der Waals surface area contributed by atoms with Crippen LogP contribution < -0.4 is 5.73 Å². The maximum atomic E-state index is 6.02. The number of morpholine rings is 1. The predicted octanol–water partition coefficient (Wildman–Crippen LogP) is 0.273. The fraction of sp³-hybridized carbons (Fsp3) is 1.00. The summed E-state index contributed by atoms with van der Waals surface area (Å²) in [7, 11) is 0. The second-order valence-electron chi connectivity index (χ2n) is 5.91. The second kappa shape index (κ2) is 5.22. The highest BCUT2D eigenvalue weighted by atomic mass is 16.5. The molecule has 0 amide bonds. The molecule has 0 saturated carbocycles. The van der Waals surface area contributed by atoms with E-state index in [0.29, 0.717) is 12.1 Å². The SMILES string of the molecule is NC1CCCN(CC2CN3CCCC3CO2)C1. The van der Waals surface area contributed by atoms with Crippen molar-refractivity contribution < 1.29 is 4.74 Å². The van der Waals surface area contributed by atoms with E-state index in [1.807, 2.05) is 0 Å². The van der Waals surface area contributed by atoms with Crippen LogP contribution >= 0.6 is 0 Å². The molecule has 0 aliphatic carbocycles. The zero-order chi connectivity index (χ0) is 11.7. The molecule has 3 aliphatic heterocycles. The van der Waals surface area contributed by atoms with Crippen LogP contribution in [0.4, 0.5) is 0 Å². The van der Waals surface area contributed by atoms with Gasteiger partial charge < -0.3 is 10.5 Å². The van der Waals surface area contributed by atoms with Gasteiger partial charge in [-0.05, 0) is 38.8 Å². The van der Waals surface area contributed by atoms with Gasteiger partial charge in [0.2, 0.25) is 0 Å². The summed E-state index contributed by atoms with van der Waals surface area (Å²) in [6, 6.07) is 1.10. The Balaban J connectivity index is 1.48. The van der Waals surface area contributed by atoms with Gasteiger partial charge in [-0.1, -0.05) is 0 Å². The molecular formula is C13H25N3O. The number of rotatable bonds is 2. The van der Waals surface area contributed by atoms with Crippen LogP contribution in [0, 0.1) is 0 Å². The maximum absolute atomic E-state index is 6.02. The van der Waals surface area contributed by atoms with Crippen LogP contribution in [0.5, 0.6) is 0 Å². The van der Waals surface area contributed by atoms with Gasteiger partial charge in [0.15, 0.2) is 0 Å².